The largest absolute Gasteiger partial charge is 0.355 e. The molecule has 0 unspecified atom stereocenters. The topological polar surface area (TPSA) is 47.6 Å². The zero-order valence-corrected chi connectivity index (χ0v) is 12.3. The van der Waals surface area contributed by atoms with Gasteiger partial charge < -0.3 is 14.8 Å². The van der Waals surface area contributed by atoms with Crippen molar-refractivity contribution >= 4 is 29.1 Å². The molecule has 2 aliphatic carbocycles. The van der Waals surface area contributed by atoms with Gasteiger partial charge in [0.2, 0.25) is 5.91 Å². The summed E-state index contributed by atoms with van der Waals surface area (Å²) in [5, 5.41) is 2.96. The Bertz CT molecular complexity index is 359. The number of ether oxygens (including phenoxy) is 2. The van der Waals surface area contributed by atoms with Gasteiger partial charge in [-0.2, -0.15) is 0 Å². The fourth-order valence-electron chi connectivity index (χ4n) is 2.97. The third kappa shape index (κ3) is 3.02. The first kappa shape index (κ1) is 13.9. The standard InChI is InChI=1S/C13H19Cl2NO3/c14-13(15)7-10(13)11(17)16-8-9-1-3-12(4-2-9)18-5-6-19-12/h9-10H,1-8H2,(H,16,17)/t10-/m0/s1. The van der Waals surface area contributed by atoms with Crippen LogP contribution in [0.15, 0.2) is 0 Å². The van der Waals surface area contributed by atoms with Crippen molar-refractivity contribution in [1.82, 2.24) is 5.32 Å². The number of alkyl halides is 2. The van der Waals surface area contributed by atoms with Gasteiger partial charge in [0.05, 0.1) is 19.1 Å². The third-order valence-corrected chi connectivity index (χ3v) is 5.22. The van der Waals surface area contributed by atoms with E-state index in [9.17, 15) is 4.79 Å². The third-order valence-electron chi connectivity index (χ3n) is 4.39. The number of carbonyl (C=O) groups is 1. The Morgan fingerprint density at radius 3 is 2.32 bits per heavy atom. The highest BCUT2D eigenvalue weighted by atomic mass is 35.5. The summed E-state index contributed by atoms with van der Waals surface area (Å²) >= 11 is 11.8. The highest BCUT2D eigenvalue weighted by Crippen LogP contribution is 2.53. The maximum Gasteiger partial charge on any atom is 0.226 e. The fourth-order valence-corrected chi connectivity index (χ4v) is 3.48. The number of rotatable bonds is 3. The van der Waals surface area contributed by atoms with E-state index in [0.717, 1.165) is 25.7 Å². The number of nitrogens with one attached hydrogen (secondary N) is 1. The molecule has 1 aliphatic heterocycles. The van der Waals surface area contributed by atoms with E-state index in [4.69, 9.17) is 32.7 Å². The smallest absolute Gasteiger partial charge is 0.226 e. The van der Waals surface area contributed by atoms with Gasteiger partial charge in [0, 0.05) is 19.4 Å². The molecule has 4 nitrogen and oxygen atoms in total. The normalized spacial score (nSPS) is 32.4. The highest BCUT2D eigenvalue weighted by molar-refractivity contribution is 6.52. The first-order valence-corrected chi connectivity index (χ1v) is 7.70. The van der Waals surface area contributed by atoms with Crippen LogP contribution >= 0.6 is 23.2 Å². The first-order chi connectivity index (χ1) is 9.01. The average molecular weight is 308 g/mol. The van der Waals surface area contributed by atoms with Crippen LogP contribution in [0.3, 0.4) is 0 Å². The van der Waals surface area contributed by atoms with E-state index in [1.165, 1.54) is 0 Å². The molecule has 0 bridgehead atoms. The molecular weight excluding hydrogens is 289 g/mol. The summed E-state index contributed by atoms with van der Waals surface area (Å²) in [5.41, 5.74) is 0. The summed E-state index contributed by atoms with van der Waals surface area (Å²) in [4.78, 5) is 11.8. The fraction of sp³-hybridized carbons (Fsp3) is 0.923. The van der Waals surface area contributed by atoms with Crippen molar-refractivity contribution in [2.45, 2.75) is 42.2 Å². The maximum absolute atomic E-state index is 11.8. The molecule has 3 rings (SSSR count). The van der Waals surface area contributed by atoms with Gasteiger partial charge in [0.25, 0.3) is 0 Å². The zero-order valence-electron chi connectivity index (χ0n) is 10.8. The summed E-state index contributed by atoms with van der Waals surface area (Å²) in [6.45, 7) is 2.11. The molecule has 1 N–H and O–H groups in total. The van der Waals surface area contributed by atoms with Crippen LogP contribution in [0.5, 0.6) is 0 Å². The second-order valence-electron chi connectivity index (χ2n) is 5.81. The molecule has 0 aromatic rings. The molecule has 1 amide bonds. The number of carbonyl (C=O) groups excluding carboxylic acids is 1. The van der Waals surface area contributed by atoms with Gasteiger partial charge in [-0.15, -0.1) is 23.2 Å². The quantitative estimate of drug-likeness (QED) is 0.813. The van der Waals surface area contributed by atoms with Gasteiger partial charge in [0.15, 0.2) is 5.79 Å². The molecule has 19 heavy (non-hydrogen) atoms. The van der Waals surface area contributed by atoms with Crippen LogP contribution in [-0.2, 0) is 14.3 Å². The van der Waals surface area contributed by atoms with Crippen molar-refractivity contribution in [3.63, 3.8) is 0 Å². The molecule has 1 atom stereocenters. The van der Waals surface area contributed by atoms with Gasteiger partial charge in [-0.05, 0) is 25.2 Å². The SMILES string of the molecule is O=C(NCC1CCC2(CC1)OCCO2)[C@@H]1CC1(Cl)Cl. The van der Waals surface area contributed by atoms with Gasteiger partial charge >= 0.3 is 0 Å². The first-order valence-electron chi connectivity index (χ1n) is 6.94. The molecule has 1 spiro atoms. The number of hydrogen-bond acceptors (Lipinski definition) is 3. The van der Waals surface area contributed by atoms with E-state index in [-0.39, 0.29) is 17.6 Å². The van der Waals surface area contributed by atoms with Crippen LogP contribution in [0.4, 0.5) is 0 Å². The average Bonchev–Trinajstić information content (AvgIpc) is 2.82. The van der Waals surface area contributed by atoms with E-state index in [1.807, 2.05) is 0 Å². The van der Waals surface area contributed by atoms with Gasteiger partial charge in [-0.1, -0.05) is 0 Å². The molecule has 2 saturated carbocycles. The Morgan fingerprint density at radius 1 is 1.21 bits per heavy atom. The Labute approximate surface area is 123 Å². The molecule has 108 valence electrons. The van der Waals surface area contributed by atoms with Crippen LogP contribution in [0.25, 0.3) is 0 Å². The van der Waals surface area contributed by atoms with Crippen molar-refractivity contribution in [1.29, 1.82) is 0 Å². The van der Waals surface area contributed by atoms with Crippen LogP contribution < -0.4 is 5.32 Å². The predicted octanol–water partition coefficient (Wildman–Crippen LogP) is 2.23. The Balaban J connectivity index is 1.39. The Hall–Kier alpha value is -0.0300. The molecule has 1 heterocycles. The molecule has 6 heteroatoms. The van der Waals surface area contributed by atoms with E-state index in [0.29, 0.717) is 32.1 Å². The minimum atomic E-state index is -0.827. The number of hydrogen-bond donors (Lipinski definition) is 1. The van der Waals surface area contributed by atoms with E-state index in [1.54, 1.807) is 0 Å². The van der Waals surface area contributed by atoms with Crippen molar-refractivity contribution in [2.24, 2.45) is 11.8 Å². The van der Waals surface area contributed by atoms with E-state index < -0.39 is 4.33 Å². The predicted molar refractivity (Wildman–Crippen MR) is 72.1 cm³/mol. The van der Waals surface area contributed by atoms with Crippen LogP contribution in [-0.4, -0.2) is 35.8 Å². The molecule has 1 saturated heterocycles. The minimum Gasteiger partial charge on any atom is -0.355 e. The second kappa shape index (κ2) is 5.06. The molecule has 3 fully saturated rings. The van der Waals surface area contributed by atoms with Gasteiger partial charge in [-0.25, -0.2) is 0 Å². The van der Waals surface area contributed by atoms with Crippen LogP contribution in [0.1, 0.15) is 32.1 Å². The van der Waals surface area contributed by atoms with Crippen LogP contribution in [0, 0.1) is 11.8 Å². The van der Waals surface area contributed by atoms with Crippen molar-refractivity contribution < 1.29 is 14.3 Å². The maximum atomic E-state index is 11.8. The van der Waals surface area contributed by atoms with Crippen molar-refractivity contribution in [3.8, 4) is 0 Å². The lowest BCUT2D eigenvalue weighted by molar-refractivity contribution is -0.182. The summed E-state index contributed by atoms with van der Waals surface area (Å²) in [6.07, 6.45) is 4.46. The molecule has 0 aromatic carbocycles. The van der Waals surface area contributed by atoms with Crippen molar-refractivity contribution in [3.05, 3.63) is 0 Å². The zero-order chi connectivity index (χ0) is 13.5. The van der Waals surface area contributed by atoms with Crippen LogP contribution in [0.2, 0.25) is 0 Å². The summed E-state index contributed by atoms with van der Waals surface area (Å²) in [6, 6.07) is 0. The molecule has 0 radical (unpaired) electrons. The number of halogens is 2. The monoisotopic (exact) mass is 307 g/mol. The summed E-state index contributed by atoms with van der Waals surface area (Å²) < 4.78 is 10.5. The summed E-state index contributed by atoms with van der Waals surface area (Å²) in [7, 11) is 0. The van der Waals surface area contributed by atoms with E-state index in [2.05, 4.69) is 5.32 Å². The molecule has 0 aromatic heterocycles. The lowest BCUT2D eigenvalue weighted by atomic mass is 9.85. The molecular formula is C13H19Cl2NO3. The van der Waals surface area contributed by atoms with Gasteiger partial charge in [-0.3, -0.25) is 4.79 Å². The van der Waals surface area contributed by atoms with Gasteiger partial charge in [0.1, 0.15) is 4.33 Å². The summed E-state index contributed by atoms with van der Waals surface area (Å²) in [5.74, 6) is -0.0644. The van der Waals surface area contributed by atoms with E-state index >= 15 is 0 Å². The lowest BCUT2D eigenvalue weighted by Gasteiger charge is -2.35. The lowest BCUT2D eigenvalue weighted by Crippen LogP contribution is -2.39. The van der Waals surface area contributed by atoms with Crippen molar-refractivity contribution in [2.75, 3.05) is 19.8 Å². The number of amides is 1. The Kier molecular flexibility index (Phi) is 3.71. The second-order valence-corrected chi connectivity index (χ2v) is 7.36. The Morgan fingerprint density at radius 2 is 1.79 bits per heavy atom. The highest BCUT2D eigenvalue weighted by Gasteiger charge is 2.56. The molecule has 3 aliphatic rings. The minimum absolute atomic E-state index is 0.0151.